The number of anilines is 1. The van der Waals surface area contributed by atoms with Crippen LogP contribution in [0.4, 0.5) is 5.95 Å². The molecule has 9 heteroatoms. The highest BCUT2D eigenvalue weighted by Gasteiger charge is 2.08. The number of rotatable bonds is 3. The van der Waals surface area contributed by atoms with Gasteiger partial charge in [0.2, 0.25) is 0 Å². The summed E-state index contributed by atoms with van der Waals surface area (Å²) in [6.07, 6.45) is 1.59. The minimum atomic E-state index is 0.141. The number of H-pyrrole nitrogens is 1. The molecular weight excluding hydrogens is 452 g/mol. The maximum atomic E-state index is 9.71. The number of aromatic amines is 1. The Balaban J connectivity index is 1.59. The second-order valence-electron chi connectivity index (χ2n) is 5.21. The van der Waals surface area contributed by atoms with Gasteiger partial charge in [0.05, 0.1) is 15.2 Å². The second-order valence-corrected chi connectivity index (χ2v) is 6.92. The SMILES string of the molecule is Oc1c(Br)cc(/C=N/Nc2nnc3c(n2)[nH]c2ccccc23)cc1Br. The Morgan fingerprint density at radius 2 is 1.88 bits per heavy atom. The van der Waals surface area contributed by atoms with Crippen molar-refractivity contribution in [1.29, 1.82) is 0 Å². The van der Waals surface area contributed by atoms with E-state index in [1.54, 1.807) is 18.3 Å². The van der Waals surface area contributed by atoms with Crippen LogP contribution in [-0.4, -0.2) is 31.5 Å². The summed E-state index contributed by atoms with van der Waals surface area (Å²) in [5.74, 6) is 0.425. The lowest BCUT2D eigenvalue weighted by atomic mass is 10.2. The van der Waals surface area contributed by atoms with Crippen LogP contribution in [0.1, 0.15) is 5.56 Å². The largest absolute Gasteiger partial charge is 0.506 e. The van der Waals surface area contributed by atoms with E-state index >= 15 is 0 Å². The predicted octanol–water partition coefficient (Wildman–Crippen LogP) is 4.18. The number of aromatic nitrogens is 4. The van der Waals surface area contributed by atoms with Gasteiger partial charge in [-0.3, -0.25) is 0 Å². The van der Waals surface area contributed by atoms with E-state index in [9.17, 15) is 5.11 Å². The normalized spacial score (nSPS) is 11.6. The highest BCUT2D eigenvalue weighted by Crippen LogP contribution is 2.32. The average molecular weight is 462 g/mol. The van der Waals surface area contributed by atoms with E-state index in [0.29, 0.717) is 14.6 Å². The van der Waals surface area contributed by atoms with Gasteiger partial charge in [0, 0.05) is 10.9 Å². The number of hydrazone groups is 1. The predicted molar refractivity (Wildman–Crippen MR) is 104 cm³/mol. The molecule has 2 aromatic heterocycles. The van der Waals surface area contributed by atoms with Crippen molar-refractivity contribution in [2.45, 2.75) is 0 Å². The molecule has 3 N–H and O–H groups in total. The van der Waals surface area contributed by atoms with E-state index < -0.39 is 0 Å². The number of nitrogens with zero attached hydrogens (tertiary/aromatic N) is 4. The summed E-state index contributed by atoms with van der Waals surface area (Å²) < 4.78 is 1.14. The molecule has 0 aliphatic carbocycles. The van der Waals surface area contributed by atoms with Crippen molar-refractivity contribution < 1.29 is 5.11 Å². The van der Waals surface area contributed by atoms with E-state index in [1.807, 2.05) is 24.3 Å². The molecule has 2 aromatic carbocycles. The molecule has 124 valence electrons. The Bertz CT molecular complexity index is 1100. The molecule has 0 fully saturated rings. The molecule has 4 rings (SSSR count). The Hall–Kier alpha value is -2.52. The van der Waals surface area contributed by atoms with Crippen LogP contribution in [0.5, 0.6) is 5.75 Å². The van der Waals surface area contributed by atoms with Gasteiger partial charge in [0.1, 0.15) is 11.3 Å². The topological polar surface area (TPSA) is 99.1 Å². The highest BCUT2D eigenvalue weighted by molar-refractivity contribution is 9.11. The standard InChI is InChI=1S/C16H10Br2N6O/c17-10-5-8(6-11(18)14(10)25)7-19-23-16-21-15-13(22-24-16)9-3-1-2-4-12(9)20-15/h1-7,25H,(H2,20,21,23,24)/b19-7+. The lowest BCUT2D eigenvalue weighted by Gasteiger charge is -2.02. The first-order valence-electron chi connectivity index (χ1n) is 7.20. The van der Waals surface area contributed by atoms with Gasteiger partial charge in [0.15, 0.2) is 5.65 Å². The maximum absolute atomic E-state index is 9.71. The number of fused-ring (bicyclic) bond motifs is 3. The molecule has 0 aliphatic heterocycles. The fourth-order valence-electron chi connectivity index (χ4n) is 2.39. The van der Waals surface area contributed by atoms with Gasteiger partial charge in [-0.25, -0.2) is 5.43 Å². The Morgan fingerprint density at radius 1 is 1.12 bits per heavy atom. The second kappa shape index (κ2) is 6.41. The Labute approximate surface area is 158 Å². The number of benzene rings is 2. The molecule has 0 spiro atoms. The molecule has 0 unspecified atom stereocenters. The minimum absolute atomic E-state index is 0.141. The number of halogens is 2. The maximum Gasteiger partial charge on any atom is 0.265 e. The summed E-state index contributed by atoms with van der Waals surface area (Å²) in [7, 11) is 0. The van der Waals surface area contributed by atoms with Crippen molar-refractivity contribution in [2.75, 3.05) is 5.43 Å². The average Bonchev–Trinajstić information content (AvgIpc) is 2.97. The first kappa shape index (κ1) is 16.0. The minimum Gasteiger partial charge on any atom is -0.506 e. The molecule has 2 heterocycles. The van der Waals surface area contributed by atoms with Gasteiger partial charge in [0.25, 0.3) is 5.95 Å². The molecular formula is C16H10Br2N6O. The number of para-hydroxylation sites is 1. The quantitative estimate of drug-likeness (QED) is 0.314. The number of phenolic OH excluding ortho intramolecular Hbond substituents is 1. The van der Waals surface area contributed by atoms with Crippen LogP contribution in [0.3, 0.4) is 0 Å². The van der Waals surface area contributed by atoms with Crippen LogP contribution in [0, 0.1) is 0 Å². The number of aromatic hydroxyl groups is 1. The molecule has 0 saturated heterocycles. The fraction of sp³-hybridized carbons (Fsp3) is 0. The van der Waals surface area contributed by atoms with E-state index in [0.717, 1.165) is 22.0 Å². The molecule has 0 radical (unpaired) electrons. The fourth-order valence-corrected chi connectivity index (χ4v) is 3.61. The van der Waals surface area contributed by atoms with Crippen LogP contribution >= 0.6 is 31.9 Å². The summed E-state index contributed by atoms with van der Waals surface area (Å²) in [5.41, 5.74) is 5.85. The monoisotopic (exact) mass is 460 g/mol. The van der Waals surface area contributed by atoms with Gasteiger partial charge in [-0.15, -0.1) is 10.2 Å². The smallest absolute Gasteiger partial charge is 0.265 e. The molecule has 7 nitrogen and oxygen atoms in total. The zero-order valence-electron chi connectivity index (χ0n) is 12.5. The summed E-state index contributed by atoms with van der Waals surface area (Å²) in [4.78, 5) is 7.58. The van der Waals surface area contributed by atoms with Crippen molar-refractivity contribution in [2.24, 2.45) is 5.10 Å². The third kappa shape index (κ3) is 3.08. The number of phenols is 1. The summed E-state index contributed by atoms with van der Waals surface area (Å²) >= 11 is 6.55. The number of hydrogen-bond donors (Lipinski definition) is 3. The Kier molecular flexibility index (Phi) is 4.10. The summed E-state index contributed by atoms with van der Waals surface area (Å²) in [6.45, 7) is 0. The van der Waals surface area contributed by atoms with Crippen molar-refractivity contribution >= 4 is 66.1 Å². The molecule has 25 heavy (non-hydrogen) atoms. The van der Waals surface area contributed by atoms with Gasteiger partial charge in [-0.1, -0.05) is 18.2 Å². The van der Waals surface area contributed by atoms with Crippen LogP contribution in [0.2, 0.25) is 0 Å². The van der Waals surface area contributed by atoms with Gasteiger partial charge < -0.3 is 10.1 Å². The zero-order valence-corrected chi connectivity index (χ0v) is 15.7. The number of hydrogen-bond acceptors (Lipinski definition) is 6. The first-order chi connectivity index (χ1) is 12.1. The van der Waals surface area contributed by atoms with Crippen molar-refractivity contribution in [3.8, 4) is 5.75 Å². The third-order valence-corrected chi connectivity index (χ3v) is 4.75. The summed E-state index contributed by atoms with van der Waals surface area (Å²) in [5, 5.41) is 23.0. The van der Waals surface area contributed by atoms with Gasteiger partial charge in [-0.05, 0) is 55.6 Å². The third-order valence-electron chi connectivity index (χ3n) is 3.54. The van der Waals surface area contributed by atoms with Crippen LogP contribution in [0.15, 0.2) is 50.4 Å². The highest BCUT2D eigenvalue weighted by atomic mass is 79.9. The lowest BCUT2D eigenvalue weighted by Crippen LogP contribution is -1.99. The van der Waals surface area contributed by atoms with Crippen LogP contribution in [-0.2, 0) is 0 Å². The van der Waals surface area contributed by atoms with Crippen molar-refractivity contribution in [3.63, 3.8) is 0 Å². The molecule has 4 aromatic rings. The van der Waals surface area contributed by atoms with Gasteiger partial charge in [-0.2, -0.15) is 10.1 Å². The first-order valence-corrected chi connectivity index (χ1v) is 8.78. The van der Waals surface area contributed by atoms with Crippen LogP contribution < -0.4 is 5.43 Å². The van der Waals surface area contributed by atoms with E-state index in [1.165, 1.54) is 0 Å². The van der Waals surface area contributed by atoms with E-state index in [-0.39, 0.29) is 11.7 Å². The molecule has 0 amide bonds. The molecule has 0 aliphatic rings. The van der Waals surface area contributed by atoms with E-state index in [4.69, 9.17) is 0 Å². The number of nitrogens with one attached hydrogen (secondary N) is 2. The summed E-state index contributed by atoms with van der Waals surface area (Å²) in [6, 6.07) is 11.3. The zero-order chi connectivity index (χ0) is 17.4. The van der Waals surface area contributed by atoms with Crippen LogP contribution in [0.25, 0.3) is 22.1 Å². The Morgan fingerprint density at radius 3 is 2.68 bits per heavy atom. The molecule has 0 atom stereocenters. The van der Waals surface area contributed by atoms with E-state index in [2.05, 4.69) is 62.6 Å². The lowest BCUT2D eigenvalue weighted by molar-refractivity contribution is 0.468. The van der Waals surface area contributed by atoms with Crippen molar-refractivity contribution in [3.05, 3.63) is 50.9 Å². The molecule has 0 bridgehead atoms. The van der Waals surface area contributed by atoms with Crippen molar-refractivity contribution in [1.82, 2.24) is 20.2 Å². The molecule has 0 saturated carbocycles. The van der Waals surface area contributed by atoms with Gasteiger partial charge >= 0.3 is 0 Å².